The molecule has 1 unspecified atom stereocenters. The number of hydrogen-bond donors (Lipinski definition) is 2. The van der Waals surface area contributed by atoms with Gasteiger partial charge in [0.25, 0.3) is 0 Å². The van der Waals surface area contributed by atoms with Crippen LogP contribution in [0.15, 0.2) is 0 Å². The molecule has 0 aromatic rings. The summed E-state index contributed by atoms with van der Waals surface area (Å²) in [6.45, 7) is 1.97. The van der Waals surface area contributed by atoms with E-state index in [0.29, 0.717) is 31.7 Å². The van der Waals surface area contributed by atoms with Gasteiger partial charge in [-0.25, -0.2) is 13.1 Å². The summed E-state index contributed by atoms with van der Waals surface area (Å²) in [6.07, 6.45) is 1.58. The molecule has 0 bridgehead atoms. The first-order valence-corrected chi connectivity index (χ1v) is 7.76. The number of rotatable bonds is 10. The highest BCUT2D eigenvalue weighted by atomic mass is 35.5. The average molecular weight is 288 g/mol. The molecular formula is C10H22ClNO4S. The van der Waals surface area contributed by atoms with E-state index in [-0.39, 0.29) is 12.3 Å². The topological polar surface area (TPSA) is 75.6 Å². The molecule has 7 heteroatoms. The number of sulfonamides is 1. The molecule has 0 saturated carbocycles. The van der Waals surface area contributed by atoms with Crippen LogP contribution in [0.5, 0.6) is 0 Å². The molecule has 2 N–H and O–H groups in total. The third-order valence-electron chi connectivity index (χ3n) is 2.31. The highest BCUT2D eigenvalue weighted by Crippen LogP contribution is 2.08. The Labute approximate surface area is 109 Å². The van der Waals surface area contributed by atoms with E-state index in [0.717, 1.165) is 0 Å². The van der Waals surface area contributed by atoms with Crippen molar-refractivity contribution < 1.29 is 18.3 Å². The maximum atomic E-state index is 11.5. The first-order valence-electron chi connectivity index (χ1n) is 5.57. The van der Waals surface area contributed by atoms with Crippen molar-refractivity contribution >= 4 is 21.6 Å². The average Bonchev–Trinajstić information content (AvgIpc) is 2.25. The highest BCUT2D eigenvalue weighted by Gasteiger charge is 2.22. The van der Waals surface area contributed by atoms with Crippen molar-refractivity contribution in [2.75, 3.05) is 31.9 Å². The Morgan fingerprint density at radius 2 is 2.06 bits per heavy atom. The summed E-state index contributed by atoms with van der Waals surface area (Å²) in [4.78, 5) is 0. The molecule has 0 aliphatic carbocycles. The number of hydrogen-bond acceptors (Lipinski definition) is 4. The predicted octanol–water partition coefficient (Wildman–Crippen LogP) is 0.712. The summed E-state index contributed by atoms with van der Waals surface area (Å²) in [6, 6.07) is 0. The number of ether oxygens (including phenoxy) is 1. The van der Waals surface area contributed by atoms with Gasteiger partial charge < -0.3 is 9.84 Å². The molecule has 0 aliphatic rings. The molecule has 0 spiro atoms. The first kappa shape index (κ1) is 17.1. The molecule has 0 radical (unpaired) electrons. The Kier molecular flexibility index (Phi) is 8.32. The molecule has 0 aromatic heterocycles. The number of alkyl halides is 1. The van der Waals surface area contributed by atoms with E-state index >= 15 is 0 Å². The van der Waals surface area contributed by atoms with Crippen LogP contribution in [0.25, 0.3) is 0 Å². The summed E-state index contributed by atoms with van der Waals surface area (Å²) in [5.41, 5.74) is -1.09. The standard InChI is InChI=1S/C10H22ClNO4S/c1-10(13,5-7-16-2)9-12-17(14,15)8-4-3-6-11/h12-13H,3-9H2,1-2H3. The third kappa shape index (κ3) is 9.79. The van der Waals surface area contributed by atoms with Crippen molar-refractivity contribution in [1.29, 1.82) is 0 Å². The lowest BCUT2D eigenvalue weighted by Gasteiger charge is -2.23. The predicted molar refractivity (Wildman–Crippen MR) is 68.9 cm³/mol. The van der Waals surface area contributed by atoms with Gasteiger partial charge in [-0.2, -0.15) is 0 Å². The monoisotopic (exact) mass is 287 g/mol. The lowest BCUT2D eigenvalue weighted by atomic mass is 10.0. The summed E-state index contributed by atoms with van der Waals surface area (Å²) in [5, 5.41) is 9.85. The van der Waals surface area contributed by atoms with Crippen molar-refractivity contribution in [3.05, 3.63) is 0 Å². The Balaban J connectivity index is 3.99. The van der Waals surface area contributed by atoms with Crippen molar-refractivity contribution in [3.63, 3.8) is 0 Å². The second-order valence-corrected chi connectivity index (χ2v) is 6.58. The maximum Gasteiger partial charge on any atom is 0.211 e. The van der Waals surface area contributed by atoms with Gasteiger partial charge >= 0.3 is 0 Å². The molecule has 0 amide bonds. The minimum Gasteiger partial charge on any atom is -0.389 e. The quantitative estimate of drug-likeness (QED) is 0.458. The molecule has 0 rings (SSSR count). The molecule has 17 heavy (non-hydrogen) atoms. The molecule has 0 heterocycles. The fourth-order valence-electron chi connectivity index (χ4n) is 1.13. The Hall–Kier alpha value is 0.120. The highest BCUT2D eigenvalue weighted by molar-refractivity contribution is 7.89. The molecule has 0 aliphatic heterocycles. The lowest BCUT2D eigenvalue weighted by Crippen LogP contribution is -2.42. The number of aliphatic hydroxyl groups is 1. The molecule has 0 saturated heterocycles. The van der Waals surface area contributed by atoms with Gasteiger partial charge in [-0.1, -0.05) is 0 Å². The van der Waals surface area contributed by atoms with E-state index in [1.807, 2.05) is 0 Å². The van der Waals surface area contributed by atoms with Crippen LogP contribution in [0, 0.1) is 0 Å². The van der Waals surface area contributed by atoms with Crippen LogP contribution in [0.4, 0.5) is 0 Å². The lowest BCUT2D eigenvalue weighted by molar-refractivity contribution is 0.0292. The van der Waals surface area contributed by atoms with Gasteiger partial charge in [0.05, 0.1) is 11.4 Å². The molecule has 5 nitrogen and oxygen atoms in total. The van der Waals surface area contributed by atoms with E-state index in [9.17, 15) is 13.5 Å². The molecular weight excluding hydrogens is 266 g/mol. The fourth-order valence-corrected chi connectivity index (χ4v) is 2.58. The van der Waals surface area contributed by atoms with Crippen molar-refractivity contribution in [2.24, 2.45) is 0 Å². The van der Waals surface area contributed by atoms with E-state index < -0.39 is 15.6 Å². The van der Waals surface area contributed by atoms with Gasteiger partial charge in [0.1, 0.15) is 0 Å². The molecule has 1 atom stereocenters. The minimum absolute atomic E-state index is 0.000428. The van der Waals surface area contributed by atoms with E-state index in [4.69, 9.17) is 16.3 Å². The number of methoxy groups -OCH3 is 1. The Bertz CT molecular complexity index is 293. The van der Waals surface area contributed by atoms with Crippen LogP contribution in [-0.2, 0) is 14.8 Å². The van der Waals surface area contributed by atoms with Crippen LogP contribution >= 0.6 is 11.6 Å². The fraction of sp³-hybridized carbons (Fsp3) is 1.00. The van der Waals surface area contributed by atoms with Gasteiger partial charge in [0.2, 0.25) is 10.0 Å². The second kappa shape index (κ2) is 8.26. The molecule has 0 fully saturated rings. The molecule has 104 valence electrons. The first-order chi connectivity index (χ1) is 7.83. The summed E-state index contributed by atoms with van der Waals surface area (Å²) in [7, 11) is -1.79. The second-order valence-electron chi connectivity index (χ2n) is 4.28. The van der Waals surface area contributed by atoms with Gasteiger partial charge in [-0.05, 0) is 19.8 Å². The SMILES string of the molecule is COCCC(C)(O)CNS(=O)(=O)CCCCCl. The largest absolute Gasteiger partial charge is 0.389 e. The zero-order valence-electron chi connectivity index (χ0n) is 10.4. The summed E-state index contributed by atoms with van der Waals surface area (Å²) in [5.74, 6) is 0.501. The van der Waals surface area contributed by atoms with Crippen molar-refractivity contribution in [1.82, 2.24) is 4.72 Å². The zero-order valence-corrected chi connectivity index (χ0v) is 12.0. The van der Waals surface area contributed by atoms with E-state index in [2.05, 4.69) is 4.72 Å². The van der Waals surface area contributed by atoms with Crippen LogP contribution in [0.2, 0.25) is 0 Å². The van der Waals surface area contributed by atoms with Crippen LogP contribution in [0.3, 0.4) is 0 Å². The summed E-state index contributed by atoms with van der Waals surface area (Å²) < 4.78 is 30.3. The van der Waals surface area contributed by atoms with Crippen LogP contribution < -0.4 is 4.72 Å². The van der Waals surface area contributed by atoms with Gasteiger partial charge in [-0.3, -0.25) is 0 Å². The number of nitrogens with one attached hydrogen (secondary N) is 1. The minimum atomic E-state index is -3.32. The Morgan fingerprint density at radius 3 is 2.59 bits per heavy atom. The number of halogens is 1. The van der Waals surface area contributed by atoms with Crippen LogP contribution in [-0.4, -0.2) is 51.0 Å². The summed E-state index contributed by atoms with van der Waals surface area (Å²) >= 11 is 5.47. The van der Waals surface area contributed by atoms with Crippen LogP contribution in [0.1, 0.15) is 26.2 Å². The van der Waals surface area contributed by atoms with Gasteiger partial charge in [0.15, 0.2) is 0 Å². The smallest absolute Gasteiger partial charge is 0.211 e. The Morgan fingerprint density at radius 1 is 1.41 bits per heavy atom. The number of unbranched alkanes of at least 4 members (excludes halogenated alkanes) is 1. The van der Waals surface area contributed by atoms with E-state index in [1.54, 1.807) is 6.92 Å². The molecule has 0 aromatic carbocycles. The maximum absolute atomic E-state index is 11.5. The normalized spacial score (nSPS) is 15.8. The van der Waals surface area contributed by atoms with Crippen molar-refractivity contribution in [2.45, 2.75) is 31.8 Å². The van der Waals surface area contributed by atoms with Gasteiger partial charge in [-0.15, -0.1) is 11.6 Å². The third-order valence-corrected chi connectivity index (χ3v) is 3.99. The van der Waals surface area contributed by atoms with Crippen molar-refractivity contribution in [3.8, 4) is 0 Å². The van der Waals surface area contributed by atoms with Gasteiger partial charge in [0, 0.05) is 32.6 Å². The zero-order chi connectivity index (χ0) is 13.4. The van der Waals surface area contributed by atoms with E-state index in [1.165, 1.54) is 7.11 Å².